The van der Waals surface area contributed by atoms with Crippen molar-refractivity contribution in [2.75, 3.05) is 6.54 Å². The van der Waals surface area contributed by atoms with Gasteiger partial charge in [-0.3, -0.25) is 0 Å². The van der Waals surface area contributed by atoms with Crippen molar-refractivity contribution < 1.29 is 8.42 Å². The van der Waals surface area contributed by atoms with Crippen molar-refractivity contribution in [3.63, 3.8) is 0 Å². The summed E-state index contributed by atoms with van der Waals surface area (Å²) in [5.74, 6) is 0. The number of hydrogen-bond acceptors (Lipinski definition) is 3. The standard InChI is InChI=1S/C15H24N2O2S/c1-3-16-13-6-8-14(9-7-13)17-20(18,19)15-10-4-12(2)5-11-15/h4-5,10-11,13-14,16-17H,3,6-9H2,1-2H3. The Morgan fingerprint density at radius 2 is 1.60 bits per heavy atom. The molecule has 4 nitrogen and oxygen atoms in total. The van der Waals surface area contributed by atoms with Gasteiger partial charge in [0.25, 0.3) is 0 Å². The molecule has 0 spiro atoms. The first-order chi connectivity index (χ1) is 9.51. The Morgan fingerprint density at radius 1 is 1.05 bits per heavy atom. The fourth-order valence-corrected chi connectivity index (χ4v) is 4.01. The molecule has 0 radical (unpaired) electrons. The molecule has 5 heteroatoms. The van der Waals surface area contributed by atoms with Gasteiger partial charge in [0, 0.05) is 12.1 Å². The van der Waals surface area contributed by atoms with Crippen LogP contribution in [-0.2, 0) is 10.0 Å². The van der Waals surface area contributed by atoms with Crippen LogP contribution in [0.1, 0.15) is 38.2 Å². The van der Waals surface area contributed by atoms with E-state index in [0.717, 1.165) is 37.8 Å². The highest BCUT2D eigenvalue weighted by Gasteiger charge is 2.25. The van der Waals surface area contributed by atoms with E-state index in [1.807, 2.05) is 19.1 Å². The van der Waals surface area contributed by atoms with E-state index in [0.29, 0.717) is 10.9 Å². The van der Waals surface area contributed by atoms with E-state index in [2.05, 4.69) is 17.0 Å². The fraction of sp³-hybridized carbons (Fsp3) is 0.600. The number of hydrogen-bond donors (Lipinski definition) is 2. The van der Waals surface area contributed by atoms with Crippen LogP contribution in [0.2, 0.25) is 0 Å². The Bertz CT molecular complexity index is 517. The van der Waals surface area contributed by atoms with E-state index in [4.69, 9.17) is 0 Å². The zero-order chi connectivity index (χ0) is 14.6. The van der Waals surface area contributed by atoms with Gasteiger partial charge in [0.2, 0.25) is 10.0 Å². The van der Waals surface area contributed by atoms with E-state index in [-0.39, 0.29) is 6.04 Å². The van der Waals surface area contributed by atoms with Gasteiger partial charge in [-0.2, -0.15) is 0 Å². The van der Waals surface area contributed by atoms with Crippen LogP contribution in [0.3, 0.4) is 0 Å². The number of nitrogens with one attached hydrogen (secondary N) is 2. The van der Waals surface area contributed by atoms with Crippen LogP contribution in [0.25, 0.3) is 0 Å². The zero-order valence-electron chi connectivity index (χ0n) is 12.2. The lowest BCUT2D eigenvalue weighted by atomic mass is 9.92. The molecule has 1 fully saturated rings. The van der Waals surface area contributed by atoms with Crippen LogP contribution in [-0.4, -0.2) is 27.0 Å². The molecule has 1 aliphatic carbocycles. The average Bonchev–Trinajstić information content (AvgIpc) is 2.41. The third kappa shape index (κ3) is 4.04. The molecule has 1 aliphatic rings. The Balaban J connectivity index is 1.94. The van der Waals surface area contributed by atoms with E-state index in [1.165, 1.54) is 0 Å². The van der Waals surface area contributed by atoms with Crippen molar-refractivity contribution in [2.45, 2.75) is 56.5 Å². The Kier molecular flexibility index (Phi) is 5.18. The van der Waals surface area contributed by atoms with Crippen LogP contribution in [0.15, 0.2) is 29.2 Å². The molecular formula is C15H24N2O2S. The summed E-state index contributed by atoms with van der Waals surface area (Å²) in [6, 6.07) is 7.60. The molecule has 1 aromatic carbocycles. The third-order valence-corrected chi connectivity index (χ3v) is 5.41. The van der Waals surface area contributed by atoms with E-state index in [1.54, 1.807) is 12.1 Å². The number of rotatable bonds is 5. The molecule has 0 amide bonds. The second-order valence-corrected chi connectivity index (χ2v) is 7.25. The van der Waals surface area contributed by atoms with Crippen molar-refractivity contribution in [3.8, 4) is 0 Å². The quantitative estimate of drug-likeness (QED) is 0.875. The van der Waals surface area contributed by atoms with Gasteiger partial charge in [0.1, 0.15) is 0 Å². The number of sulfonamides is 1. The number of aryl methyl sites for hydroxylation is 1. The first kappa shape index (κ1) is 15.5. The van der Waals surface area contributed by atoms with Crippen molar-refractivity contribution in [2.24, 2.45) is 0 Å². The molecule has 0 aliphatic heterocycles. The third-order valence-electron chi connectivity index (χ3n) is 3.87. The molecule has 20 heavy (non-hydrogen) atoms. The van der Waals surface area contributed by atoms with Crippen molar-refractivity contribution in [1.82, 2.24) is 10.0 Å². The summed E-state index contributed by atoms with van der Waals surface area (Å²) in [6.45, 7) is 5.03. The molecule has 0 saturated heterocycles. The lowest BCUT2D eigenvalue weighted by Crippen LogP contribution is -2.42. The van der Waals surface area contributed by atoms with Gasteiger partial charge in [0.05, 0.1) is 4.90 Å². The summed E-state index contributed by atoms with van der Waals surface area (Å²) in [5, 5.41) is 3.43. The Hall–Kier alpha value is -0.910. The molecule has 2 rings (SSSR count). The van der Waals surface area contributed by atoms with E-state index in [9.17, 15) is 8.42 Å². The summed E-state index contributed by atoms with van der Waals surface area (Å²) in [7, 11) is -3.38. The Labute approximate surface area is 122 Å². The van der Waals surface area contributed by atoms with Crippen LogP contribution in [0.5, 0.6) is 0 Å². The molecular weight excluding hydrogens is 272 g/mol. The molecule has 0 unspecified atom stereocenters. The molecule has 0 aromatic heterocycles. The molecule has 0 bridgehead atoms. The molecule has 0 atom stereocenters. The summed E-state index contributed by atoms with van der Waals surface area (Å²) in [6.07, 6.45) is 3.88. The van der Waals surface area contributed by atoms with Crippen molar-refractivity contribution >= 4 is 10.0 Å². The number of benzene rings is 1. The lowest BCUT2D eigenvalue weighted by Gasteiger charge is -2.29. The molecule has 112 valence electrons. The molecule has 2 N–H and O–H groups in total. The minimum Gasteiger partial charge on any atom is -0.314 e. The van der Waals surface area contributed by atoms with Gasteiger partial charge in [-0.05, 0) is 51.3 Å². The highest BCUT2D eigenvalue weighted by Crippen LogP contribution is 2.20. The summed E-state index contributed by atoms with van der Waals surface area (Å²) in [4.78, 5) is 0.358. The predicted octanol–water partition coefficient (Wildman–Crippen LogP) is 2.19. The maximum atomic E-state index is 12.3. The first-order valence-electron chi connectivity index (χ1n) is 7.33. The van der Waals surface area contributed by atoms with Gasteiger partial charge < -0.3 is 5.32 Å². The van der Waals surface area contributed by atoms with Gasteiger partial charge in [-0.1, -0.05) is 24.6 Å². The summed E-state index contributed by atoms with van der Waals surface area (Å²) in [5.41, 5.74) is 1.06. The van der Waals surface area contributed by atoms with Gasteiger partial charge in [0.15, 0.2) is 0 Å². The first-order valence-corrected chi connectivity index (χ1v) is 8.82. The van der Waals surface area contributed by atoms with Gasteiger partial charge in [-0.15, -0.1) is 0 Å². The minimum absolute atomic E-state index is 0.0659. The van der Waals surface area contributed by atoms with E-state index >= 15 is 0 Å². The van der Waals surface area contributed by atoms with Crippen LogP contribution >= 0.6 is 0 Å². The monoisotopic (exact) mass is 296 g/mol. The highest BCUT2D eigenvalue weighted by atomic mass is 32.2. The second kappa shape index (κ2) is 6.70. The second-order valence-electron chi connectivity index (χ2n) is 5.54. The average molecular weight is 296 g/mol. The maximum Gasteiger partial charge on any atom is 0.240 e. The Morgan fingerprint density at radius 3 is 2.15 bits per heavy atom. The largest absolute Gasteiger partial charge is 0.314 e. The molecule has 1 saturated carbocycles. The molecule has 0 heterocycles. The SMILES string of the molecule is CCNC1CCC(NS(=O)(=O)c2ccc(C)cc2)CC1. The predicted molar refractivity (Wildman–Crippen MR) is 81.2 cm³/mol. The normalized spacial score (nSPS) is 23.7. The van der Waals surface area contributed by atoms with Crippen molar-refractivity contribution in [3.05, 3.63) is 29.8 Å². The van der Waals surface area contributed by atoms with Gasteiger partial charge in [-0.25, -0.2) is 13.1 Å². The molecule has 1 aromatic rings. The lowest BCUT2D eigenvalue weighted by molar-refractivity contribution is 0.333. The summed E-state index contributed by atoms with van der Waals surface area (Å²) < 4.78 is 27.4. The van der Waals surface area contributed by atoms with E-state index < -0.39 is 10.0 Å². The van der Waals surface area contributed by atoms with Gasteiger partial charge >= 0.3 is 0 Å². The fourth-order valence-electron chi connectivity index (χ4n) is 2.71. The van der Waals surface area contributed by atoms with Crippen molar-refractivity contribution in [1.29, 1.82) is 0 Å². The topological polar surface area (TPSA) is 58.2 Å². The van der Waals surface area contributed by atoms with Crippen LogP contribution in [0.4, 0.5) is 0 Å². The smallest absolute Gasteiger partial charge is 0.240 e. The summed E-state index contributed by atoms with van der Waals surface area (Å²) >= 11 is 0. The minimum atomic E-state index is -3.38. The van der Waals surface area contributed by atoms with Crippen LogP contribution < -0.4 is 10.0 Å². The zero-order valence-corrected chi connectivity index (χ0v) is 13.0. The van der Waals surface area contributed by atoms with Crippen LogP contribution in [0, 0.1) is 6.92 Å². The highest BCUT2D eigenvalue weighted by molar-refractivity contribution is 7.89. The maximum absolute atomic E-state index is 12.3.